The summed E-state index contributed by atoms with van der Waals surface area (Å²) in [6.07, 6.45) is 11.2. The molecule has 2 amide bonds. The van der Waals surface area contributed by atoms with Gasteiger partial charge in [-0.25, -0.2) is 23.6 Å². The fourth-order valence-corrected chi connectivity index (χ4v) is 3.22. The van der Waals surface area contributed by atoms with Crippen LogP contribution in [0.1, 0.15) is 27.2 Å². The van der Waals surface area contributed by atoms with E-state index in [0.29, 0.717) is 11.8 Å². The van der Waals surface area contributed by atoms with Crippen LogP contribution in [-0.4, -0.2) is 66.1 Å². The fourth-order valence-electron chi connectivity index (χ4n) is 3.22. The molecule has 11 heteroatoms. The molecule has 0 aliphatic carbocycles. The second kappa shape index (κ2) is 17.3. The normalized spacial score (nSPS) is 18.5. The summed E-state index contributed by atoms with van der Waals surface area (Å²) in [4.78, 5) is 29.1. The first-order valence-electron chi connectivity index (χ1n) is 12.7. The monoisotopic (exact) mass is 554 g/mol. The van der Waals surface area contributed by atoms with Crippen molar-refractivity contribution in [3.8, 4) is 0 Å². The van der Waals surface area contributed by atoms with Crippen molar-refractivity contribution in [1.29, 1.82) is 0 Å². The van der Waals surface area contributed by atoms with Crippen molar-refractivity contribution >= 4 is 24.0 Å². The number of nitrogens with zero attached hydrogens (tertiary/aromatic N) is 5. The molecule has 1 saturated heterocycles. The first-order chi connectivity index (χ1) is 19.0. The van der Waals surface area contributed by atoms with E-state index in [0.717, 1.165) is 6.42 Å². The Hall–Kier alpha value is -4.38. The summed E-state index contributed by atoms with van der Waals surface area (Å²) < 4.78 is 27.3. The van der Waals surface area contributed by atoms with Crippen molar-refractivity contribution in [2.45, 2.75) is 39.3 Å². The number of halogens is 2. The molecule has 2 unspecified atom stereocenters. The highest BCUT2D eigenvalue weighted by atomic mass is 19.1. The van der Waals surface area contributed by atoms with Crippen molar-refractivity contribution in [2.75, 3.05) is 20.1 Å². The predicted octanol–water partition coefficient (Wildman–Crippen LogP) is 5.01. The summed E-state index contributed by atoms with van der Waals surface area (Å²) in [5, 5.41) is 5.82. The first-order valence-corrected chi connectivity index (χ1v) is 12.7. The highest BCUT2D eigenvalue weighted by Crippen LogP contribution is 2.22. The molecule has 1 fully saturated rings. The van der Waals surface area contributed by atoms with Gasteiger partial charge in [0.05, 0.1) is 36.9 Å². The van der Waals surface area contributed by atoms with Crippen LogP contribution in [0.25, 0.3) is 0 Å². The van der Waals surface area contributed by atoms with E-state index in [2.05, 4.69) is 51.9 Å². The Morgan fingerprint density at radius 1 is 1.23 bits per heavy atom. The molecule has 0 bridgehead atoms. The van der Waals surface area contributed by atoms with Gasteiger partial charge in [0.25, 0.3) is 0 Å². The Morgan fingerprint density at radius 2 is 1.93 bits per heavy atom. The molecule has 0 aromatic carbocycles. The smallest absolute Gasteiger partial charge is 0.330 e. The molecule has 1 aliphatic rings. The van der Waals surface area contributed by atoms with Crippen molar-refractivity contribution in [2.24, 2.45) is 20.7 Å². The van der Waals surface area contributed by atoms with Gasteiger partial charge in [-0.15, -0.1) is 0 Å². The lowest BCUT2D eigenvalue weighted by molar-refractivity contribution is 0.199. The molecule has 0 spiro atoms. The van der Waals surface area contributed by atoms with Gasteiger partial charge in [-0.3, -0.25) is 20.1 Å². The first kappa shape index (κ1) is 33.6. The number of nitrogens with one attached hydrogen (secondary N) is 2. The zero-order valence-corrected chi connectivity index (χ0v) is 23.7. The highest BCUT2D eigenvalue weighted by Gasteiger charge is 2.33. The molecule has 2 atom stereocenters. The number of hydrogen-bond donors (Lipinski definition) is 3. The molecule has 1 heterocycles. The minimum Gasteiger partial charge on any atom is -0.384 e. The van der Waals surface area contributed by atoms with Gasteiger partial charge in [0, 0.05) is 23.9 Å². The second-order valence-electron chi connectivity index (χ2n) is 8.59. The molecule has 0 radical (unpaired) electrons. The number of likely N-dealkylation sites (N-methyl/N-ethyl adjacent to an activating group) is 1. The number of nitrogens with two attached hydrogens (primary N) is 1. The lowest BCUT2D eigenvalue weighted by atomic mass is 10.2. The number of amidine groups is 1. The molecule has 4 N–H and O–H groups in total. The maximum Gasteiger partial charge on any atom is 0.330 e. The zero-order chi connectivity index (χ0) is 30.2. The third-order valence-corrected chi connectivity index (χ3v) is 5.62. The number of urea groups is 1. The van der Waals surface area contributed by atoms with Gasteiger partial charge < -0.3 is 11.1 Å². The van der Waals surface area contributed by atoms with Crippen LogP contribution in [0.2, 0.25) is 0 Å². The molecule has 9 nitrogen and oxygen atoms in total. The van der Waals surface area contributed by atoms with Gasteiger partial charge in [-0.05, 0) is 45.5 Å². The molecular weight excluding hydrogens is 514 g/mol. The van der Waals surface area contributed by atoms with Crippen molar-refractivity contribution in [3.63, 3.8) is 0 Å². The van der Waals surface area contributed by atoms with E-state index < -0.39 is 11.9 Å². The fraction of sp³-hybridized carbons (Fsp3) is 0.310. The maximum atomic E-state index is 14.6. The van der Waals surface area contributed by atoms with Crippen LogP contribution in [0.3, 0.4) is 0 Å². The number of amides is 2. The summed E-state index contributed by atoms with van der Waals surface area (Å²) in [5.74, 6) is -0.447. The number of carbonyl (C=O) groups excluding carboxylic acids is 1. The van der Waals surface area contributed by atoms with E-state index in [-0.39, 0.29) is 60.4 Å². The van der Waals surface area contributed by atoms with Gasteiger partial charge in [0.15, 0.2) is 0 Å². The maximum absolute atomic E-state index is 14.6. The number of allylic oxidation sites excluding steroid dienone is 4. The number of hydrogen-bond acceptors (Lipinski definition) is 5. The summed E-state index contributed by atoms with van der Waals surface area (Å²) in [5.41, 5.74) is 6.54. The Labute approximate surface area is 236 Å². The van der Waals surface area contributed by atoms with Crippen LogP contribution in [0.4, 0.5) is 13.6 Å². The molecule has 0 saturated carbocycles. The molecule has 40 heavy (non-hydrogen) atoms. The average molecular weight is 555 g/mol. The lowest BCUT2D eigenvalue weighted by Crippen LogP contribution is -2.58. The second-order valence-corrected chi connectivity index (χ2v) is 8.59. The van der Waals surface area contributed by atoms with Gasteiger partial charge in [0.1, 0.15) is 17.5 Å². The van der Waals surface area contributed by atoms with Crippen molar-refractivity contribution in [3.05, 3.63) is 97.7 Å². The van der Waals surface area contributed by atoms with E-state index in [1.165, 1.54) is 22.0 Å². The number of guanidine groups is 1. The van der Waals surface area contributed by atoms with Crippen molar-refractivity contribution < 1.29 is 13.6 Å². The Morgan fingerprint density at radius 3 is 2.48 bits per heavy atom. The zero-order valence-electron chi connectivity index (χ0n) is 23.7. The largest absolute Gasteiger partial charge is 0.384 e. The summed E-state index contributed by atoms with van der Waals surface area (Å²) >= 11 is 0. The average Bonchev–Trinajstić information content (AvgIpc) is 2.92. The number of aliphatic imine (C=N–C) groups is 3. The van der Waals surface area contributed by atoms with Gasteiger partial charge in [0.2, 0.25) is 5.96 Å². The van der Waals surface area contributed by atoms with Gasteiger partial charge >= 0.3 is 6.03 Å². The summed E-state index contributed by atoms with van der Waals surface area (Å²) in [6.45, 7) is 20.9. The third kappa shape index (κ3) is 10.4. The van der Waals surface area contributed by atoms with E-state index in [1.807, 2.05) is 13.8 Å². The van der Waals surface area contributed by atoms with Crippen LogP contribution in [0.15, 0.2) is 113 Å². The van der Waals surface area contributed by atoms with Crippen LogP contribution < -0.4 is 16.4 Å². The van der Waals surface area contributed by atoms with Crippen LogP contribution >= 0.6 is 0 Å². The summed E-state index contributed by atoms with van der Waals surface area (Å²) in [7, 11) is 1.77. The van der Waals surface area contributed by atoms with Crippen LogP contribution in [0, 0.1) is 0 Å². The Balaban J connectivity index is 3.56. The Kier molecular flexibility index (Phi) is 14.5. The molecule has 1 aliphatic heterocycles. The van der Waals surface area contributed by atoms with E-state index in [4.69, 9.17) is 5.73 Å². The molecule has 1 rings (SSSR count). The molecule has 0 aromatic rings. The molecule has 0 aromatic heterocycles. The minimum absolute atomic E-state index is 0.0333. The van der Waals surface area contributed by atoms with E-state index in [1.54, 1.807) is 38.4 Å². The van der Waals surface area contributed by atoms with Gasteiger partial charge in [-0.2, -0.15) is 0 Å². The van der Waals surface area contributed by atoms with Crippen molar-refractivity contribution in [1.82, 2.24) is 20.4 Å². The number of rotatable bonds is 15. The van der Waals surface area contributed by atoms with Crippen LogP contribution in [0.5, 0.6) is 0 Å². The lowest BCUT2D eigenvalue weighted by Gasteiger charge is -2.39. The Bertz CT molecular complexity index is 1180. The molecule has 216 valence electrons. The van der Waals surface area contributed by atoms with Gasteiger partial charge in [-0.1, -0.05) is 45.4 Å². The topological polar surface area (TPSA) is 111 Å². The quantitative estimate of drug-likeness (QED) is 0.150. The van der Waals surface area contributed by atoms with Crippen LogP contribution in [-0.2, 0) is 0 Å². The van der Waals surface area contributed by atoms with E-state index in [9.17, 15) is 13.6 Å². The highest BCUT2D eigenvalue weighted by molar-refractivity contribution is 6.01. The standard InChI is InChI=1S/C29H40F2N8O/c1-9-13-27(32)35-21(6)18-39-22(7)38(19-23(11-3)26(31)14-15-30)28(37-29(39)40)36-24(12-4)16-25(33-8)17-34-20(5)10-2/h9,11-17,20,25,33H,3-4,6-7,10,18-19H2,1-2,5,8H3,(H2,32,35)(H,36,37,40)/b13-9-,15-14+,24-16+,26-23-,34-17?. The SMILES string of the molecule is C=C/C(CN1C(=C)N(CC(=C)N=C(N)/C=C\C)C(=O)NC1=N/C(C=C)=C/C(C=NC(C)CC)NC)=C(F)\C=C\F. The minimum atomic E-state index is -0.850. The number of carbonyl (C=O) groups is 1. The summed E-state index contributed by atoms with van der Waals surface area (Å²) in [6, 6.07) is -0.700. The molecular formula is C29H40F2N8O. The van der Waals surface area contributed by atoms with E-state index >= 15 is 0 Å². The third-order valence-electron chi connectivity index (χ3n) is 5.62. The predicted molar refractivity (Wildman–Crippen MR) is 162 cm³/mol.